The highest BCUT2D eigenvalue weighted by Gasteiger charge is 2.12. The zero-order valence-corrected chi connectivity index (χ0v) is 6.75. The van der Waals surface area contributed by atoms with Crippen LogP contribution in [0.5, 0.6) is 5.75 Å². The second-order valence-corrected chi connectivity index (χ2v) is 3.07. The maximum absolute atomic E-state index is 9.32. The van der Waals surface area contributed by atoms with Crippen molar-refractivity contribution in [3.8, 4) is 5.75 Å². The van der Waals surface area contributed by atoms with Crippen LogP contribution in [0.1, 0.15) is 16.1 Å². The summed E-state index contributed by atoms with van der Waals surface area (Å²) >= 11 is 0. The number of fused-ring (bicyclic) bond motifs is 1. The van der Waals surface area contributed by atoms with Gasteiger partial charge in [0.1, 0.15) is 5.75 Å². The molecule has 1 heterocycles. The highest BCUT2D eigenvalue weighted by molar-refractivity contribution is 5.57. The Morgan fingerprint density at radius 1 is 1.58 bits per heavy atom. The SMILES string of the molecule is [2H]C([2H])([2H])N1CCCc2cc(O)ccc21. The number of hydrogen-bond donors (Lipinski definition) is 1. The van der Waals surface area contributed by atoms with Gasteiger partial charge in [0.2, 0.25) is 0 Å². The number of benzene rings is 1. The van der Waals surface area contributed by atoms with Gasteiger partial charge in [-0.1, -0.05) is 0 Å². The van der Waals surface area contributed by atoms with Gasteiger partial charge in [-0.3, -0.25) is 0 Å². The van der Waals surface area contributed by atoms with E-state index < -0.39 is 6.98 Å². The lowest BCUT2D eigenvalue weighted by molar-refractivity contribution is 0.474. The van der Waals surface area contributed by atoms with Gasteiger partial charge in [-0.25, -0.2) is 0 Å². The average Bonchev–Trinajstić information content (AvgIpc) is 2.15. The molecule has 0 saturated heterocycles. The Hall–Kier alpha value is -1.18. The lowest BCUT2D eigenvalue weighted by atomic mass is 10.0. The predicted molar refractivity (Wildman–Crippen MR) is 49.7 cm³/mol. The van der Waals surface area contributed by atoms with Crippen LogP contribution < -0.4 is 4.90 Å². The molecule has 0 amide bonds. The maximum atomic E-state index is 9.32. The fourth-order valence-electron chi connectivity index (χ4n) is 1.58. The molecule has 2 heteroatoms. The molecule has 2 rings (SSSR count). The van der Waals surface area contributed by atoms with Crippen LogP contribution in [0, 0.1) is 0 Å². The molecular formula is C10H13NO. The molecule has 0 fully saturated rings. The largest absolute Gasteiger partial charge is 0.508 e. The van der Waals surface area contributed by atoms with E-state index in [4.69, 9.17) is 4.11 Å². The van der Waals surface area contributed by atoms with E-state index in [1.807, 2.05) is 0 Å². The summed E-state index contributed by atoms with van der Waals surface area (Å²) in [6.07, 6.45) is 1.64. The fraction of sp³-hybridized carbons (Fsp3) is 0.400. The number of anilines is 1. The van der Waals surface area contributed by atoms with Gasteiger partial charge in [0.15, 0.2) is 0 Å². The lowest BCUT2D eigenvalue weighted by Crippen LogP contribution is -2.24. The molecule has 0 aromatic heterocycles. The Morgan fingerprint density at radius 3 is 3.33 bits per heavy atom. The zero-order valence-electron chi connectivity index (χ0n) is 9.75. The second kappa shape index (κ2) is 2.70. The summed E-state index contributed by atoms with van der Waals surface area (Å²) < 4.78 is 22.2. The Morgan fingerprint density at radius 2 is 2.50 bits per heavy atom. The lowest BCUT2D eigenvalue weighted by Gasteiger charge is -2.27. The molecule has 1 N–H and O–H groups in total. The smallest absolute Gasteiger partial charge is 0.116 e. The summed E-state index contributed by atoms with van der Waals surface area (Å²) in [5.74, 6) is 0.196. The molecule has 1 aliphatic heterocycles. The van der Waals surface area contributed by atoms with Crippen molar-refractivity contribution in [2.75, 3.05) is 18.4 Å². The molecule has 0 saturated carbocycles. The van der Waals surface area contributed by atoms with E-state index >= 15 is 0 Å². The number of phenolic OH excluding ortho intramolecular Hbond substituents is 1. The Bertz CT molecular complexity index is 375. The number of phenols is 1. The van der Waals surface area contributed by atoms with Crippen molar-refractivity contribution < 1.29 is 9.22 Å². The van der Waals surface area contributed by atoms with Gasteiger partial charge in [0, 0.05) is 23.3 Å². The third kappa shape index (κ3) is 1.13. The van der Waals surface area contributed by atoms with Crippen molar-refractivity contribution in [1.29, 1.82) is 0 Å². The third-order valence-electron chi connectivity index (χ3n) is 2.18. The van der Waals surface area contributed by atoms with E-state index in [-0.39, 0.29) is 5.75 Å². The number of hydrogen-bond acceptors (Lipinski definition) is 2. The Kier molecular flexibility index (Phi) is 1.07. The van der Waals surface area contributed by atoms with Crippen molar-refractivity contribution >= 4 is 5.69 Å². The van der Waals surface area contributed by atoms with Crippen molar-refractivity contribution in [2.24, 2.45) is 0 Å². The molecule has 0 spiro atoms. The molecule has 0 radical (unpaired) electrons. The van der Waals surface area contributed by atoms with E-state index in [0.717, 1.165) is 24.1 Å². The highest BCUT2D eigenvalue weighted by atomic mass is 16.3. The maximum Gasteiger partial charge on any atom is 0.116 e. The predicted octanol–water partition coefficient (Wildman–Crippen LogP) is 1.77. The standard InChI is InChI=1S/C10H13NO/c1-11-6-2-3-8-7-9(12)4-5-10(8)11/h4-5,7,12H,2-3,6H2,1H3/i1D3. The molecule has 2 nitrogen and oxygen atoms in total. The molecule has 12 heavy (non-hydrogen) atoms. The highest BCUT2D eigenvalue weighted by Crippen LogP contribution is 2.28. The summed E-state index contributed by atoms with van der Waals surface area (Å²) in [5.41, 5.74) is 1.64. The summed E-state index contributed by atoms with van der Waals surface area (Å²) in [6.45, 7) is -1.54. The van der Waals surface area contributed by atoms with Crippen LogP contribution in [0.25, 0.3) is 0 Å². The first kappa shape index (κ1) is 4.75. The van der Waals surface area contributed by atoms with Gasteiger partial charge in [-0.05, 0) is 36.6 Å². The second-order valence-electron chi connectivity index (χ2n) is 3.07. The monoisotopic (exact) mass is 166 g/mol. The molecular weight excluding hydrogens is 150 g/mol. The first-order valence-corrected chi connectivity index (χ1v) is 4.08. The van der Waals surface area contributed by atoms with Gasteiger partial charge in [0.05, 0.1) is 0 Å². The first-order valence-electron chi connectivity index (χ1n) is 5.58. The van der Waals surface area contributed by atoms with E-state index in [1.54, 1.807) is 12.1 Å². The molecule has 1 aromatic carbocycles. The summed E-state index contributed by atoms with van der Waals surface area (Å²) in [4.78, 5) is 1.42. The number of nitrogens with zero attached hydrogens (tertiary/aromatic N) is 1. The minimum atomic E-state index is -2.09. The van der Waals surface area contributed by atoms with Crippen LogP contribution in [-0.4, -0.2) is 18.6 Å². The quantitative estimate of drug-likeness (QED) is 0.635. The fourth-order valence-corrected chi connectivity index (χ4v) is 1.58. The zero-order chi connectivity index (χ0) is 11.1. The Labute approximate surface area is 76.7 Å². The molecule has 1 aromatic rings. The van der Waals surface area contributed by atoms with Gasteiger partial charge in [-0.2, -0.15) is 0 Å². The minimum Gasteiger partial charge on any atom is -0.508 e. The number of aromatic hydroxyl groups is 1. The van der Waals surface area contributed by atoms with Crippen molar-refractivity contribution in [3.63, 3.8) is 0 Å². The number of aryl methyl sites for hydroxylation is 1. The van der Waals surface area contributed by atoms with Crippen LogP contribution >= 0.6 is 0 Å². The third-order valence-corrected chi connectivity index (χ3v) is 2.18. The summed E-state index contributed by atoms with van der Waals surface area (Å²) in [6, 6.07) is 4.85. The van der Waals surface area contributed by atoms with Gasteiger partial charge in [-0.15, -0.1) is 0 Å². The van der Waals surface area contributed by atoms with E-state index in [0.29, 0.717) is 6.54 Å². The van der Waals surface area contributed by atoms with Crippen LogP contribution in [0.3, 0.4) is 0 Å². The normalized spacial score (nSPS) is 20.7. The molecule has 0 bridgehead atoms. The van der Waals surface area contributed by atoms with Gasteiger partial charge < -0.3 is 10.0 Å². The van der Waals surface area contributed by atoms with Gasteiger partial charge >= 0.3 is 0 Å². The van der Waals surface area contributed by atoms with E-state index in [2.05, 4.69) is 0 Å². The van der Waals surface area contributed by atoms with Crippen LogP contribution in [0.15, 0.2) is 18.2 Å². The molecule has 0 atom stereocenters. The Balaban J connectivity index is 2.43. The summed E-state index contributed by atoms with van der Waals surface area (Å²) in [7, 11) is 0. The van der Waals surface area contributed by atoms with E-state index in [9.17, 15) is 5.11 Å². The minimum absolute atomic E-state index is 0.196. The molecule has 0 unspecified atom stereocenters. The van der Waals surface area contributed by atoms with Gasteiger partial charge in [0.25, 0.3) is 0 Å². The van der Waals surface area contributed by atoms with Crippen LogP contribution in [-0.2, 0) is 6.42 Å². The van der Waals surface area contributed by atoms with Crippen molar-refractivity contribution in [3.05, 3.63) is 23.8 Å². The van der Waals surface area contributed by atoms with Crippen molar-refractivity contribution in [1.82, 2.24) is 0 Å². The average molecular weight is 166 g/mol. The van der Waals surface area contributed by atoms with Crippen LogP contribution in [0.2, 0.25) is 0 Å². The molecule has 64 valence electrons. The van der Waals surface area contributed by atoms with E-state index in [1.165, 1.54) is 11.0 Å². The molecule has 1 aliphatic rings. The van der Waals surface area contributed by atoms with Crippen molar-refractivity contribution in [2.45, 2.75) is 12.8 Å². The first-order chi connectivity index (χ1) is 6.98. The molecule has 0 aliphatic carbocycles. The van der Waals surface area contributed by atoms with Crippen LogP contribution in [0.4, 0.5) is 5.69 Å². The summed E-state index contributed by atoms with van der Waals surface area (Å²) in [5, 5.41) is 9.32. The number of rotatable bonds is 0. The topological polar surface area (TPSA) is 23.5 Å².